The molecule has 0 saturated carbocycles. The van der Waals surface area contributed by atoms with Crippen molar-refractivity contribution in [3.63, 3.8) is 0 Å². The highest BCUT2D eigenvalue weighted by Gasteiger charge is 2.28. The molecule has 1 aromatic heterocycles. The van der Waals surface area contributed by atoms with Crippen LogP contribution in [0.4, 0.5) is 5.69 Å². The number of carbonyl (C=O) groups is 2. The van der Waals surface area contributed by atoms with Gasteiger partial charge >= 0.3 is 0 Å². The summed E-state index contributed by atoms with van der Waals surface area (Å²) in [6.45, 7) is 0.499. The Morgan fingerprint density at radius 2 is 1.92 bits per heavy atom. The van der Waals surface area contributed by atoms with E-state index in [-0.39, 0.29) is 18.4 Å². The highest BCUT2D eigenvalue weighted by Crippen LogP contribution is 2.22. The number of hydrogen-bond donors (Lipinski definition) is 1. The SMILES string of the molecule is O=C(CN1Cc2ccccc2C1=O)Nc1cnc2ccccc2c1. The van der Waals surface area contributed by atoms with Crippen LogP contribution in [-0.4, -0.2) is 28.2 Å². The average molecular weight is 317 g/mol. The lowest BCUT2D eigenvalue weighted by Gasteiger charge is -2.15. The number of nitrogens with one attached hydrogen (secondary N) is 1. The maximum atomic E-state index is 12.3. The smallest absolute Gasteiger partial charge is 0.254 e. The van der Waals surface area contributed by atoms with Crippen LogP contribution in [0.15, 0.2) is 60.8 Å². The van der Waals surface area contributed by atoms with Gasteiger partial charge in [0.15, 0.2) is 0 Å². The molecule has 1 N–H and O–H groups in total. The van der Waals surface area contributed by atoms with E-state index >= 15 is 0 Å². The van der Waals surface area contributed by atoms with E-state index < -0.39 is 0 Å². The zero-order valence-corrected chi connectivity index (χ0v) is 12.9. The van der Waals surface area contributed by atoms with Crippen molar-refractivity contribution in [2.24, 2.45) is 0 Å². The van der Waals surface area contributed by atoms with Crippen LogP contribution in [0.3, 0.4) is 0 Å². The fourth-order valence-electron chi connectivity index (χ4n) is 2.96. The van der Waals surface area contributed by atoms with Crippen molar-refractivity contribution >= 4 is 28.4 Å². The molecule has 0 bridgehead atoms. The minimum Gasteiger partial charge on any atom is -0.325 e. The van der Waals surface area contributed by atoms with Crippen molar-refractivity contribution in [3.05, 3.63) is 71.9 Å². The summed E-state index contributed by atoms with van der Waals surface area (Å²) in [6, 6.07) is 17.0. The predicted octanol–water partition coefficient (Wildman–Crippen LogP) is 2.83. The van der Waals surface area contributed by atoms with Gasteiger partial charge in [-0.2, -0.15) is 0 Å². The molecule has 5 heteroatoms. The third kappa shape index (κ3) is 2.60. The Labute approximate surface area is 138 Å². The van der Waals surface area contributed by atoms with E-state index in [1.54, 1.807) is 17.2 Å². The second-order valence-electron chi connectivity index (χ2n) is 5.78. The molecule has 3 aromatic rings. The van der Waals surface area contributed by atoms with Crippen LogP contribution in [-0.2, 0) is 11.3 Å². The number of rotatable bonds is 3. The number of fused-ring (bicyclic) bond motifs is 2. The van der Waals surface area contributed by atoms with E-state index in [4.69, 9.17) is 0 Å². The maximum Gasteiger partial charge on any atom is 0.254 e. The highest BCUT2D eigenvalue weighted by atomic mass is 16.2. The molecule has 5 nitrogen and oxygen atoms in total. The van der Waals surface area contributed by atoms with E-state index in [9.17, 15) is 9.59 Å². The maximum absolute atomic E-state index is 12.3. The van der Waals surface area contributed by atoms with E-state index in [1.165, 1.54) is 0 Å². The normalized spacial score (nSPS) is 13.2. The van der Waals surface area contributed by atoms with Crippen LogP contribution in [0.5, 0.6) is 0 Å². The predicted molar refractivity (Wildman–Crippen MR) is 91.6 cm³/mol. The lowest BCUT2D eigenvalue weighted by Crippen LogP contribution is -2.33. The Hall–Kier alpha value is -3.21. The zero-order chi connectivity index (χ0) is 16.5. The molecule has 0 atom stereocenters. The van der Waals surface area contributed by atoms with Crippen LogP contribution in [0.1, 0.15) is 15.9 Å². The van der Waals surface area contributed by atoms with Crippen molar-refractivity contribution in [2.45, 2.75) is 6.54 Å². The molecule has 0 unspecified atom stereocenters. The first-order chi connectivity index (χ1) is 11.7. The molecule has 0 aliphatic carbocycles. The number of carbonyl (C=O) groups excluding carboxylic acids is 2. The van der Waals surface area contributed by atoms with Crippen LogP contribution in [0.2, 0.25) is 0 Å². The van der Waals surface area contributed by atoms with Gasteiger partial charge in [0.1, 0.15) is 6.54 Å². The number of hydrogen-bond acceptors (Lipinski definition) is 3. The summed E-state index contributed by atoms with van der Waals surface area (Å²) in [5.41, 5.74) is 3.14. The van der Waals surface area contributed by atoms with Gasteiger partial charge < -0.3 is 10.2 Å². The van der Waals surface area contributed by atoms with E-state index in [0.717, 1.165) is 16.5 Å². The van der Waals surface area contributed by atoms with Gasteiger partial charge in [0.2, 0.25) is 5.91 Å². The monoisotopic (exact) mass is 317 g/mol. The number of benzene rings is 2. The Morgan fingerprint density at radius 1 is 1.12 bits per heavy atom. The number of anilines is 1. The summed E-state index contributed by atoms with van der Waals surface area (Å²) in [5, 5.41) is 3.77. The van der Waals surface area contributed by atoms with Crippen LogP contribution in [0.25, 0.3) is 10.9 Å². The first-order valence-corrected chi connectivity index (χ1v) is 7.72. The molecule has 1 aliphatic heterocycles. The quantitative estimate of drug-likeness (QED) is 0.808. The molecule has 1 aliphatic rings. The molecule has 0 fully saturated rings. The van der Waals surface area contributed by atoms with Gasteiger partial charge in [-0.05, 0) is 23.8 Å². The van der Waals surface area contributed by atoms with Gasteiger partial charge in [-0.25, -0.2) is 0 Å². The molecule has 2 aromatic carbocycles. The van der Waals surface area contributed by atoms with Gasteiger partial charge in [-0.15, -0.1) is 0 Å². The first kappa shape index (κ1) is 14.4. The number of nitrogens with zero attached hydrogens (tertiary/aromatic N) is 2. The average Bonchev–Trinajstić information content (AvgIpc) is 2.91. The summed E-state index contributed by atoms with van der Waals surface area (Å²) in [5.74, 6) is -0.328. The first-order valence-electron chi connectivity index (χ1n) is 7.72. The number of para-hydroxylation sites is 1. The Bertz CT molecular complexity index is 952. The van der Waals surface area contributed by atoms with Gasteiger partial charge in [0, 0.05) is 17.5 Å². The topological polar surface area (TPSA) is 62.3 Å². The van der Waals surface area contributed by atoms with Gasteiger partial charge in [-0.1, -0.05) is 36.4 Å². The minimum absolute atomic E-state index is 0.0281. The minimum atomic E-state index is -0.228. The molecule has 118 valence electrons. The summed E-state index contributed by atoms with van der Waals surface area (Å²) >= 11 is 0. The lowest BCUT2D eigenvalue weighted by atomic mass is 10.1. The lowest BCUT2D eigenvalue weighted by molar-refractivity contribution is -0.116. The number of amides is 2. The van der Waals surface area contributed by atoms with Crippen LogP contribution < -0.4 is 5.32 Å². The summed E-state index contributed by atoms with van der Waals surface area (Å²) in [7, 11) is 0. The Balaban J connectivity index is 1.46. The second kappa shape index (κ2) is 5.77. The molecular weight excluding hydrogens is 302 g/mol. The highest BCUT2D eigenvalue weighted by molar-refractivity contribution is 6.02. The van der Waals surface area contributed by atoms with Gasteiger partial charge in [0.05, 0.1) is 17.4 Å². The third-order valence-electron chi connectivity index (χ3n) is 4.10. The summed E-state index contributed by atoms with van der Waals surface area (Å²) in [4.78, 5) is 30.4. The molecule has 0 saturated heterocycles. The summed E-state index contributed by atoms with van der Waals surface area (Å²) < 4.78 is 0. The second-order valence-corrected chi connectivity index (χ2v) is 5.78. The van der Waals surface area contributed by atoms with Gasteiger partial charge in [0.25, 0.3) is 5.91 Å². The van der Waals surface area contributed by atoms with E-state index in [0.29, 0.717) is 17.8 Å². The van der Waals surface area contributed by atoms with Crippen LogP contribution >= 0.6 is 0 Å². The van der Waals surface area contributed by atoms with E-state index in [2.05, 4.69) is 10.3 Å². The molecular formula is C19H15N3O2. The molecule has 0 spiro atoms. The van der Waals surface area contributed by atoms with Gasteiger partial charge in [-0.3, -0.25) is 14.6 Å². The van der Waals surface area contributed by atoms with Crippen molar-refractivity contribution in [2.75, 3.05) is 11.9 Å². The number of pyridine rings is 1. The Morgan fingerprint density at radius 3 is 2.79 bits per heavy atom. The molecule has 0 radical (unpaired) electrons. The Kier molecular flexibility index (Phi) is 3.46. The number of aromatic nitrogens is 1. The molecule has 2 heterocycles. The van der Waals surface area contributed by atoms with Crippen LogP contribution in [0, 0.1) is 0 Å². The van der Waals surface area contributed by atoms with Crippen molar-refractivity contribution < 1.29 is 9.59 Å². The third-order valence-corrected chi connectivity index (χ3v) is 4.10. The van der Waals surface area contributed by atoms with Crippen molar-refractivity contribution in [3.8, 4) is 0 Å². The summed E-state index contributed by atoms with van der Waals surface area (Å²) in [6.07, 6.45) is 1.63. The molecule has 2 amide bonds. The standard InChI is InChI=1S/C19H15N3O2/c23-18(12-22-11-14-6-1-3-7-16(14)19(22)24)21-15-9-13-5-2-4-8-17(13)20-10-15/h1-10H,11-12H2,(H,21,23). The fourth-order valence-corrected chi connectivity index (χ4v) is 2.96. The largest absolute Gasteiger partial charge is 0.325 e. The van der Waals surface area contributed by atoms with Crippen molar-refractivity contribution in [1.29, 1.82) is 0 Å². The van der Waals surface area contributed by atoms with Crippen molar-refractivity contribution in [1.82, 2.24) is 9.88 Å². The fraction of sp³-hybridized carbons (Fsp3) is 0.105. The molecule has 24 heavy (non-hydrogen) atoms. The molecule has 4 rings (SSSR count). The van der Waals surface area contributed by atoms with E-state index in [1.807, 2.05) is 48.5 Å². The zero-order valence-electron chi connectivity index (χ0n) is 12.9.